The zero-order chi connectivity index (χ0) is 15.6. The highest BCUT2D eigenvalue weighted by atomic mass is 79.9. The Balaban J connectivity index is 3.24. The maximum atomic E-state index is 11.4. The minimum atomic E-state index is -0.117. The highest BCUT2D eigenvalue weighted by Crippen LogP contribution is 2.03. The maximum absolute atomic E-state index is 11.4. The SMILES string of the molecule is CCCCC#CCOCCCC(=O)OCCCCCCBr. The van der Waals surface area contributed by atoms with Crippen LogP contribution >= 0.6 is 15.9 Å². The minimum absolute atomic E-state index is 0.117. The van der Waals surface area contributed by atoms with Gasteiger partial charge >= 0.3 is 5.97 Å². The van der Waals surface area contributed by atoms with Crippen LogP contribution in [0.4, 0.5) is 0 Å². The second kappa shape index (κ2) is 17.5. The van der Waals surface area contributed by atoms with E-state index in [9.17, 15) is 4.79 Å². The van der Waals surface area contributed by atoms with E-state index < -0.39 is 0 Å². The first-order valence-electron chi connectivity index (χ1n) is 8.06. The van der Waals surface area contributed by atoms with Gasteiger partial charge in [-0.3, -0.25) is 4.79 Å². The lowest BCUT2D eigenvalue weighted by atomic mass is 10.2. The van der Waals surface area contributed by atoms with E-state index in [4.69, 9.17) is 9.47 Å². The number of carbonyl (C=O) groups is 1. The van der Waals surface area contributed by atoms with Crippen LogP contribution in [0.1, 0.15) is 64.7 Å². The fourth-order valence-corrected chi connectivity index (χ4v) is 2.05. The third kappa shape index (κ3) is 17.4. The molecule has 0 amide bonds. The summed E-state index contributed by atoms with van der Waals surface area (Å²) in [6, 6.07) is 0. The van der Waals surface area contributed by atoms with E-state index >= 15 is 0 Å². The van der Waals surface area contributed by atoms with E-state index in [0.717, 1.165) is 31.0 Å². The molecule has 0 saturated heterocycles. The highest BCUT2D eigenvalue weighted by Gasteiger charge is 2.02. The van der Waals surface area contributed by atoms with Crippen LogP contribution in [-0.2, 0) is 14.3 Å². The molecule has 0 aliphatic rings. The molecule has 0 bridgehead atoms. The molecule has 0 aromatic carbocycles. The Morgan fingerprint density at radius 1 is 1.00 bits per heavy atom. The van der Waals surface area contributed by atoms with Gasteiger partial charge < -0.3 is 9.47 Å². The molecule has 4 heteroatoms. The molecule has 0 aliphatic carbocycles. The number of unbranched alkanes of at least 4 members (excludes halogenated alkanes) is 5. The first kappa shape index (κ1) is 20.5. The van der Waals surface area contributed by atoms with Crippen LogP contribution in [0.5, 0.6) is 0 Å². The molecule has 122 valence electrons. The average Bonchev–Trinajstić information content (AvgIpc) is 2.49. The van der Waals surface area contributed by atoms with Crippen LogP contribution in [0.25, 0.3) is 0 Å². The fraction of sp³-hybridized carbons (Fsp3) is 0.824. The minimum Gasteiger partial charge on any atom is -0.466 e. The van der Waals surface area contributed by atoms with Crippen molar-refractivity contribution in [2.75, 3.05) is 25.2 Å². The molecule has 0 heterocycles. The summed E-state index contributed by atoms with van der Waals surface area (Å²) < 4.78 is 10.5. The Bertz CT molecular complexity index is 294. The number of carbonyl (C=O) groups excluding carboxylic acids is 1. The lowest BCUT2D eigenvalue weighted by Crippen LogP contribution is -2.07. The van der Waals surface area contributed by atoms with Crippen molar-refractivity contribution in [1.29, 1.82) is 0 Å². The van der Waals surface area contributed by atoms with Gasteiger partial charge in [-0.05, 0) is 25.7 Å². The molecule has 0 fully saturated rings. The number of hydrogen-bond donors (Lipinski definition) is 0. The number of hydrogen-bond acceptors (Lipinski definition) is 3. The molecule has 0 saturated carbocycles. The van der Waals surface area contributed by atoms with Crippen molar-refractivity contribution < 1.29 is 14.3 Å². The highest BCUT2D eigenvalue weighted by molar-refractivity contribution is 9.09. The van der Waals surface area contributed by atoms with Crippen molar-refractivity contribution in [2.45, 2.75) is 64.7 Å². The smallest absolute Gasteiger partial charge is 0.305 e. The van der Waals surface area contributed by atoms with Gasteiger partial charge in [-0.25, -0.2) is 0 Å². The Kier molecular flexibility index (Phi) is 17.1. The third-order valence-corrected chi connectivity index (χ3v) is 3.48. The van der Waals surface area contributed by atoms with E-state index in [2.05, 4.69) is 34.7 Å². The van der Waals surface area contributed by atoms with Gasteiger partial charge in [0.1, 0.15) is 6.61 Å². The quantitative estimate of drug-likeness (QED) is 0.210. The maximum Gasteiger partial charge on any atom is 0.305 e. The second-order valence-corrected chi connectivity index (χ2v) is 5.73. The molecule has 0 atom stereocenters. The van der Waals surface area contributed by atoms with Gasteiger partial charge in [0.05, 0.1) is 6.61 Å². The van der Waals surface area contributed by atoms with Crippen LogP contribution in [0.15, 0.2) is 0 Å². The molecule has 3 nitrogen and oxygen atoms in total. The van der Waals surface area contributed by atoms with Gasteiger partial charge in [-0.15, -0.1) is 5.92 Å². The topological polar surface area (TPSA) is 35.5 Å². The normalized spacial score (nSPS) is 10.0. The van der Waals surface area contributed by atoms with E-state index in [0.29, 0.717) is 32.7 Å². The van der Waals surface area contributed by atoms with Crippen molar-refractivity contribution in [3.63, 3.8) is 0 Å². The van der Waals surface area contributed by atoms with Crippen LogP contribution in [0.3, 0.4) is 0 Å². The summed E-state index contributed by atoms with van der Waals surface area (Å²) >= 11 is 3.40. The van der Waals surface area contributed by atoms with E-state index in [1.54, 1.807) is 0 Å². The van der Waals surface area contributed by atoms with E-state index in [1.807, 2.05) is 0 Å². The van der Waals surface area contributed by atoms with Crippen LogP contribution in [0, 0.1) is 11.8 Å². The summed E-state index contributed by atoms with van der Waals surface area (Å²) in [6.45, 7) is 3.74. The largest absolute Gasteiger partial charge is 0.466 e. The average molecular weight is 361 g/mol. The number of esters is 1. The van der Waals surface area contributed by atoms with Gasteiger partial charge in [-0.1, -0.05) is 48.0 Å². The molecule has 21 heavy (non-hydrogen) atoms. The van der Waals surface area contributed by atoms with Crippen LogP contribution in [0.2, 0.25) is 0 Å². The Labute approximate surface area is 138 Å². The summed E-state index contributed by atoms with van der Waals surface area (Å²) in [7, 11) is 0. The summed E-state index contributed by atoms with van der Waals surface area (Å²) in [5.74, 6) is 5.92. The predicted molar refractivity (Wildman–Crippen MR) is 90.6 cm³/mol. The summed E-state index contributed by atoms with van der Waals surface area (Å²) in [6.07, 6.45) is 8.87. The molecule has 0 aromatic heterocycles. The summed E-state index contributed by atoms with van der Waals surface area (Å²) in [4.78, 5) is 11.4. The number of ether oxygens (including phenoxy) is 2. The predicted octanol–water partition coefficient (Wildman–Crippen LogP) is 4.48. The summed E-state index contributed by atoms with van der Waals surface area (Å²) in [5, 5.41) is 1.05. The van der Waals surface area contributed by atoms with Crippen molar-refractivity contribution >= 4 is 21.9 Å². The van der Waals surface area contributed by atoms with Crippen molar-refractivity contribution in [3.05, 3.63) is 0 Å². The Morgan fingerprint density at radius 2 is 1.81 bits per heavy atom. The molecular weight excluding hydrogens is 332 g/mol. The molecule has 0 radical (unpaired) electrons. The van der Waals surface area contributed by atoms with Gasteiger partial charge in [0.2, 0.25) is 0 Å². The summed E-state index contributed by atoms with van der Waals surface area (Å²) in [5.41, 5.74) is 0. The number of halogens is 1. The Hall–Kier alpha value is -0.530. The Morgan fingerprint density at radius 3 is 2.57 bits per heavy atom. The lowest BCUT2D eigenvalue weighted by molar-refractivity contribution is -0.144. The van der Waals surface area contributed by atoms with Gasteiger partial charge in [0, 0.05) is 24.8 Å². The van der Waals surface area contributed by atoms with Crippen LogP contribution < -0.4 is 0 Å². The first-order chi connectivity index (χ1) is 10.3. The zero-order valence-corrected chi connectivity index (χ0v) is 14.9. The molecular formula is C17H29BrO3. The molecule has 0 aromatic rings. The monoisotopic (exact) mass is 360 g/mol. The van der Waals surface area contributed by atoms with E-state index in [-0.39, 0.29) is 5.97 Å². The molecule has 0 N–H and O–H groups in total. The van der Waals surface area contributed by atoms with Crippen molar-refractivity contribution in [3.8, 4) is 11.8 Å². The molecule has 0 rings (SSSR count). The molecule has 0 unspecified atom stereocenters. The van der Waals surface area contributed by atoms with Crippen molar-refractivity contribution in [2.24, 2.45) is 0 Å². The molecule has 0 aliphatic heterocycles. The third-order valence-electron chi connectivity index (χ3n) is 2.92. The van der Waals surface area contributed by atoms with Crippen LogP contribution in [-0.4, -0.2) is 31.1 Å². The van der Waals surface area contributed by atoms with Gasteiger partial charge in [0.25, 0.3) is 0 Å². The first-order valence-corrected chi connectivity index (χ1v) is 9.18. The number of rotatable bonds is 13. The lowest BCUT2D eigenvalue weighted by Gasteiger charge is -2.04. The fourth-order valence-electron chi connectivity index (χ4n) is 1.65. The van der Waals surface area contributed by atoms with Crippen molar-refractivity contribution in [1.82, 2.24) is 0 Å². The standard InChI is InChI=1S/C17H29BrO3/c1-2-3-4-6-9-14-20-15-11-12-17(19)21-16-10-7-5-8-13-18/h2-5,7-8,10-16H2,1H3. The molecule has 0 spiro atoms. The zero-order valence-electron chi connectivity index (χ0n) is 13.3. The number of alkyl halides is 1. The second-order valence-electron chi connectivity index (χ2n) is 4.94. The van der Waals surface area contributed by atoms with Gasteiger partial charge in [0.15, 0.2) is 0 Å². The van der Waals surface area contributed by atoms with Gasteiger partial charge in [-0.2, -0.15) is 0 Å². The van der Waals surface area contributed by atoms with E-state index in [1.165, 1.54) is 19.3 Å².